The van der Waals surface area contributed by atoms with Gasteiger partial charge in [-0.2, -0.15) is 0 Å². The van der Waals surface area contributed by atoms with E-state index in [1.807, 2.05) is 0 Å². The predicted octanol–water partition coefficient (Wildman–Crippen LogP) is -1.04. The molecule has 0 aromatic rings. The Kier molecular flexibility index (Phi) is 4.66. The molecule has 0 saturated carbocycles. The molecule has 0 bridgehead atoms. The molecule has 18 heavy (non-hydrogen) atoms. The average Bonchev–Trinajstić information content (AvgIpc) is 2.28. The van der Waals surface area contributed by atoms with Crippen LogP contribution in [-0.4, -0.2) is 41.0 Å². The molecule has 1 saturated heterocycles. The summed E-state index contributed by atoms with van der Waals surface area (Å²) in [6.07, 6.45) is 2.13. The van der Waals surface area contributed by atoms with E-state index in [1.54, 1.807) is 6.92 Å². The van der Waals surface area contributed by atoms with E-state index in [0.29, 0.717) is 6.42 Å². The summed E-state index contributed by atoms with van der Waals surface area (Å²) in [6.45, 7) is 2.45. The minimum absolute atomic E-state index is 0.406. The standard InChI is InChI=1S/C11H19N3O4/c1-11(4-2-3-5-13-11)10(18)14-7(9(16)17)6-8(12)15/h7,13H,2-6H2,1H3,(H2,12,15)(H,14,18)(H,16,17)/t7-,11?/m0/s1. The summed E-state index contributed by atoms with van der Waals surface area (Å²) in [5.41, 5.74) is 4.17. The lowest BCUT2D eigenvalue weighted by Gasteiger charge is -2.34. The monoisotopic (exact) mass is 257 g/mol. The highest BCUT2D eigenvalue weighted by atomic mass is 16.4. The Morgan fingerprint density at radius 3 is 2.56 bits per heavy atom. The molecule has 0 aromatic heterocycles. The van der Waals surface area contributed by atoms with E-state index in [1.165, 1.54) is 0 Å². The van der Waals surface area contributed by atoms with Gasteiger partial charge in [0.2, 0.25) is 11.8 Å². The van der Waals surface area contributed by atoms with Crippen molar-refractivity contribution in [2.45, 2.75) is 44.2 Å². The molecular formula is C11H19N3O4. The van der Waals surface area contributed by atoms with Crippen molar-refractivity contribution >= 4 is 17.8 Å². The molecule has 2 atom stereocenters. The number of rotatable bonds is 5. The minimum Gasteiger partial charge on any atom is -0.480 e. The molecule has 0 spiro atoms. The van der Waals surface area contributed by atoms with Gasteiger partial charge in [0.1, 0.15) is 6.04 Å². The van der Waals surface area contributed by atoms with Crippen molar-refractivity contribution in [3.05, 3.63) is 0 Å². The zero-order chi connectivity index (χ0) is 13.8. The number of carboxylic acids is 1. The van der Waals surface area contributed by atoms with Crippen molar-refractivity contribution in [1.82, 2.24) is 10.6 Å². The number of nitrogens with one attached hydrogen (secondary N) is 2. The third-order valence-corrected chi connectivity index (χ3v) is 3.13. The van der Waals surface area contributed by atoms with Crippen molar-refractivity contribution in [3.63, 3.8) is 0 Å². The van der Waals surface area contributed by atoms with Crippen LogP contribution in [-0.2, 0) is 14.4 Å². The van der Waals surface area contributed by atoms with Crippen molar-refractivity contribution in [2.75, 3.05) is 6.54 Å². The fraction of sp³-hybridized carbons (Fsp3) is 0.727. The first kappa shape index (κ1) is 14.4. The number of amides is 2. The largest absolute Gasteiger partial charge is 0.480 e. The summed E-state index contributed by atoms with van der Waals surface area (Å²) < 4.78 is 0. The maximum atomic E-state index is 12.0. The first-order valence-corrected chi connectivity index (χ1v) is 5.92. The molecule has 1 aliphatic heterocycles. The Bertz CT molecular complexity index is 350. The number of nitrogens with two attached hydrogens (primary N) is 1. The fourth-order valence-corrected chi connectivity index (χ4v) is 1.97. The van der Waals surface area contributed by atoms with E-state index in [2.05, 4.69) is 10.6 Å². The Labute approximate surface area is 105 Å². The normalized spacial score (nSPS) is 25.2. The van der Waals surface area contributed by atoms with Gasteiger partial charge < -0.3 is 21.5 Å². The maximum absolute atomic E-state index is 12.0. The van der Waals surface area contributed by atoms with Crippen molar-refractivity contribution in [1.29, 1.82) is 0 Å². The molecule has 102 valence electrons. The van der Waals surface area contributed by atoms with Gasteiger partial charge in [0.15, 0.2) is 0 Å². The number of primary amides is 1. The first-order chi connectivity index (χ1) is 8.35. The molecule has 7 nitrogen and oxygen atoms in total. The van der Waals surface area contributed by atoms with E-state index >= 15 is 0 Å². The number of hydrogen-bond donors (Lipinski definition) is 4. The lowest BCUT2D eigenvalue weighted by atomic mass is 9.89. The first-order valence-electron chi connectivity index (χ1n) is 5.92. The third-order valence-electron chi connectivity index (χ3n) is 3.13. The van der Waals surface area contributed by atoms with Crippen molar-refractivity contribution < 1.29 is 19.5 Å². The summed E-state index contributed by atoms with van der Waals surface area (Å²) in [5, 5.41) is 14.3. The van der Waals surface area contributed by atoms with Crippen LogP contribution in [0.5, 0.6) is 0 Å². The molecule has 7 heteroatoms. The summed E-state index contributed by atoms with van der Waals surface area (Å²) in [6, 6.07) is -1.27. The summed E-state index contributed by atoms with van der Waals surface area (Å²) >= 11 is 0. The van der Waals surface area contributed by atoms with Crippen LogP contribution in [0.2, 0.25) is 0 Å². The summed E-state index contributed by atoms with van der Waals surface area (Å²) in [4.78, 5) is 33.7. The Morgan fingerprint density at radius 1 is 1.44 bits per heavy atom. The van der Waals surface area contributed by atoms with Gasteiger partial charge in [-0.25, -0.2) is 4.79 Å². The van der Waals surface area contributed by atoms with Crippen molar-refractivity contribution in [3.8, 4) is 0 Å². The van der Waals surface area contributed by atoms with Crippen LogP contribution >= 0.6 is 0 Å². The van der Waals surface area contributed by atoms with E-state index in [0.717, 1.165) is 19.4 Å². The lowest BCUT2D eigenvalue weighted by Crippen LogP contribution is -2.60. The summed E-state index contributed by atoms with van der Waals surface area (Å²) in [7, 11) is 0. The second-order valence-corrected chi connectivity index (χ2v) is 4.75. The van der Waals surface area contributed by atoms with E-state index < -0.39 is 35.8 Å². The van der Waals surface area contributed by atoms with Crippen LogP contribution in [0.3, 0.4) is 0 Å². The van der Waals surface area contributed by atoms with Gasteiger partial charge in [0.05, 0.1) is 12.0 Å². The van der Waals surface area contributed by atoms with Crippen LogP contribution < -0.4 is 16.4 Å². The van der Waals surface area contributed by atoms with Gasteiger partial charge >= 0.3 is 5.97 Å². The fourth-order valence-electron chi connectivity index (χ4n) is 1.97. The topological polar surface area (TPSA) is 122 Å². The zero-order valence-electron chi connectivity index (χ0n) is 10.4. The zero-order valence-corrected chi connectivity index (χ0v) is 10.4. The number of carboxylic acid groups (broad SMARTS) is 1. The SMILES string of the molecule is CC1(C(=O)N[C@@H](CC(N)=O)C(=O)O)CCCCN1. The molecule has 0 aromatic carbocycles. The molecular weight excluding hydrogens is 238 g/mol. The molecule has 1 aliphatic rings. The second kappa shape index (κ2) is 5.81. The van der Waals surface area contributed by atoms with Crippen LogP contribution in [0.4, 0.5) is 0 Å². The highest BCUT2D eigenvalue weighted by Gasteiger charge is 2.36. The van der Waals surface area contributed by atoms with Gasteiger partial charge in [-0.05, 0) is 32.7 Å². The summed E-state index contributed by atoms with van der Waals surface area (Å²) in [5.74, 6) is -2.43. The number of carbonyl (C=O) groups is 3. The molecule has 1 heterocycles. The second-order valence-electron chi connectivity index (χ2n) is 4.75. The van der Waals surface area contributed by atoms with Crippen molar-refractivity contribution in [2.24, 2.45) is 5.73 Å². The predicted molar refractivity (Wildman–Crippen MR) is 63.6 cm³/mol. The van der Waals surface area contributed by atoms with E-state index in [-0.39, 0.29) is 0 Å². The minimum atomic E-state index is -1.27. The van der Waals surface area contributed by atoms with Crippen LogP contribution in [0.25, 0.3) is 0 Å². The molecule has 1 rings (SSSR count). The van der Waals surface area contributed by atoms with E-state index in [9.17, 15) is 14.4 Å². The molecule has 0 radical (unpaired) electrons. The highest BCUT2D eigenvalue weighted by molar-refractivity contribution is 5.92. The van der Waals surface area contributed by atoms with Crippen LogP contribution in [0.1, 0.15) is 32.6 Å². The van der Waals surface area contributed by atoms with Gasteiger partial charge in [-0.3, -0.25) is 9.59 Å². The molecule has 1 fully saturated rings. The Morgan fingerprint density at radius 2 is 2.11 bits per heavy atom. The average molecular weight is 257 g/mol. The number of carbonyl (C=O) groups excluding carboxylic acids is 2. The smallest absolute Gasteiger partial charge is 0.326 e. The van der Waals surface area contributed by atoms with Gasteiger partial charge in [0.25, 0.3) is 0 Å². The molecule has 2 amide bonds. The number of aliphatic carboxylic acids is 1. The van der Waals surface area contributed by atoms with Gasteiger partial charge in [0, 0.05) is 0 Å². The third kappa shape index (κ3) is 3.69. The van der Waals surface area contributed by atoms with Gasteiger partial charge in [-0.1, -0.05) is 0 Å². The molecule has 1 unspecified atom stereocenters. The Hall–Kier alpha value is -1.63. The van der Waals surface area contributed by atoms with E-state index in [4.69, 9.17) is 10.8 Å². The molecule has 0 aliphatic carbocycles. The lowest BCUT2D eigenvalue weighted by molar-refractivity contribution is -0.144. The maximum Gasteiger partial charge on any atom is 0.326 e. The number of hydrogen-bond acceptors (Lipinski definition) is 4. The molecule has 5 N–H and O–H groups in total. The Balaban J connectivity index is 2.65. The van der Waals surface area contributed by atoms with Crippen LogP contribution in [0, 0.1) is 0 Å². The number of piperidine rings is 1. The quantitative estimate of drug-likeness (QED) is 0.501. The van der Waals surface area contributed by atoms with Crippen LogP contribution in [0.15, 0.2) is 0 Å². The van der Waals surface area contributed by atoms with Gasteiger partial charge in [-0.15, -0.1) is 0 Å². The highest BCUT2D eigenvalue weighted by Crippen LogP contribution is 2.19.